The summed E-state index contributed by atoms with van der Waals surface area (Å²) in [5.74, 6) is 0. The number of hydrogen-bond acceptors (Lipinski definition) is 6. The summed E-state index contributed by atoms with van der Waals surface area (Å²) in [6.07, 6.45) is -0.569. The molecule has 0 radical (unpaired) electrons. The fourth-order valence-corrected chi connectivity index (χ4v) is 1.09. The van der Waals surface area contributed by atoms with Crippen molar-refractivity contribution in [1.82, 2.24) is 0 Å². The Morgan fingerprint density at radius 3 is 2.09 bits per heavy atom. The van der Waals surface area contributed by atoms with Gasteiger partial charge in [0.05, 0.1) is 12.7 Å². The molecule has 0 bridgehead atoms. The van der Waals surface area contributed by atoms with Crippen molar-refractivity contribution in [3.05, 3.63) is 0 Å². The molecule has 0 heterocycles. The van der Waals surface area contributed by atoms with Crippen LogP contribution >= 0.6 is 17.2 Å². The summed E-state index contributed by atoms with van der Waals surface area (Å²) in [4.78, 5) is 33.1. The van der Waals surface area contributed by atoms with Gasteiger partial charge in [0, 0.05) is 0 Å². The molecular formula is C3H10O6P2. The Morgan fingerprint density at radius 2 is 1.73 bits per heavy atom. The minimum Gasteiger partial charge on any atom is -0.328 e. The van der Waals surface area contributed by atoms with E-state index in [2.05, 4.69) is 9.05 Å². The van der Waals surface area contributed by atoms with Crippen LogP contribution in [0.3, 0.4) is 0 Å². The number of hydrogen-bond donors (Lipinski definition) is 4. The van der Waals surface area contributed by atoms with Gasteiger partial charge in [0.2, 0.25) is 0 Å². The van der Waals surface area contributed by atoms with Crippen LogP contribution in [0.2, 0.25) is 0 Å². The maximum absolute atomic E-state index is 8.31. The maximum Gasteiger partial charge on any atom is 0.327 e. The highest BCUT2D eigenvalue weighted by molar-refractivity contribution is 7.39. The lowest BCUT2D eigenvalue weighted by Gasteiger charge is -2.12. The molecule has 0 rings (SSSR count). The molecule has 0 saturated heterocycles. The average molecular weight is 204 g/mol. The van der Waals surface area contributed by atoms with Crippen molar-refractivity contribution in [2.24, 2.45) is 0 Å². The predicted molar refractivity (Wildman–Crippen MR) is 39.2 cm³/mol. The summed E-state index contributed by atoms with van der Waals surface area (Å²) >= 11 is 0. The highest BCUT2D eigenvalue weighted by Gasteiger charge is 2.10. The van der Waals surface area contributed by atoms with Crippen LogP contribution in [0.15, 0.2) is 0 Å². The molecule has 0 aromatic rings. The first-order valence-corrected chi connectivity index (χ1v) is 5.01. The third-order valence-electron chi connectivity index (χ3n) is 0.699. The highest BCUT2D eigenvalue weighted by atomic mass is 31.2. The van der Waals surface area contributed by atoms with Crippen LogP contribution in [0.4, 0.5) is 0 Å². The third-order valence-corrected chi connectivity index (χ3v) is 1.63. The zero-order chi connectivity index (χ0) is 8.85. The Balaban J connectivity index is 3.29. The van der Waals surface area contributed by atoms with E-state index in [1.807, 2.05) is 0 Å². The Kier molecular flexibility index (Phi) is 6.52. The summed E-state index contributed by atoms with van der Waals surface area (Å²) in [6, 6.07) is 0. The van der Waals surface area contributed by atoms with Crippen molar-refractivity contribution in [2.75, 3.05) is 6.61 Å². The van der Waals surface area contributed by atoms with E-state index in [9.17, 15) is 0 Å². The van der Waals surface area contributed by atoms with Crippen LogP contribution in [-0.2, 0) is 9.05 Å². The standard InChI is InChI=1S/C3H10O6P2/c1-3(9-11(6)7)2-8-10(4)5/h3-7H,2H2,1H3. The van der Waals surface area contributed by atoms with Crippen LogP contribution in [0, 0.1) is 0 Å². The van der Waals surface area contributed by atoms with Crippen molar-refractivity contribution < 1.29 is 28.6 Å². The van der Waals surface area contributed by atoms with Crippen LogP contribution in [0.25, 0.3) is 0 Å². The molecule has 0 aromatic heterocycles. The normalized spacial score (nSPS) is 14.5. The van der Waals surface area contributed by atoms with Gasteiger partial charge >= 0.3 is 17.2 Å². The second kappa shape index (κ2) is 6.17. The van der Waals surface area contributed by atoms with E-state index in [-0.39, 0.29) is 6.61 Å². The molecule has 8 heteroatoms. The Bertz CT molecular complexity index is 97.8. The maximum atomic E-state index is 8.31. The number of rotatable bonds is 5. The first kappa shape index (κ1) is 11.6. The lowest BCUT2D eigenvalue weighted by atomic mass is 10.5. The Hall–Kier alpha value is 0.620. The van der Waals surface area contributed by atoms with Gasteiger partial charge in [0.1, 0.15) is 0 Å². The van der Waals surface area contributed by atoms with E-state index >= 15 is 0 Å². The molecule has 0 amide bonds. The molecule has 0 aliphatic carbocycles. The Labute approximate surface area is 66.4 Å². The highest BCUT2D eigenvalue weighted by Crippen LogP contribution is 2.29. The van der Waals surface area contributed by atoms with Gasteiger partial charge in [-0.2, -0.15) is 0 Å². The molecule has 4 N–H and O–H groups in total. The van der Waals surface area contributed by atoms with Gasteiger partial charge < -0.3 is 28.6 Å². The minimum absolute atomic E-state index is 0.0847. The topological polar surface area (TPSA) is 99.4 Å². The van der Waals surface area contributed by atoms with E-state index in [1.165, 1.54) is 6.92 Å². The van der Waals surface area contributed by atoms with Crippen molar-refractivity contribution in [3.8, 4) is 0 Å². The predicted octanol–water partition coefficient (Wildman–Crippen LogP) is -0.169. The molecule has 6 nitrogen and oxygen atoms in total. The zero-order valence-corrected chi connectivity index (χ0v) is 7.57. The smallest absolute Gasteiger partial charge is 0.327 e. The largest absolute Gasteiger partial charge is 0.328 e. The van der Waals surface area contributed by atoms with E-state index in [0.29, 0.717) is 0 Å². The first-order chi connectivity index (χ1) is 5.02. The van der Waals surface area contributed by atoms with Gasteiger partial charge in [0.25, 0.3) is 0 Å². The summed E-state index contributed by atoms with van der Waals surface area (Å²) in [5, 5.41) is 0. The van der Waals surface area contributed by atoms with Crippen molar-refractivity contribution in [3.63, 3.8) is 0 Å². The second-order valence-electron chi connectivity index (χ2n) is 1.72. The molecule has 11 heavy (non-hydrogen) atoms. The van der Waals surface area contributed by atoms with E-state index in [0.717, 1.165) is 0 Å². The fourth-order valence-electron chi connectivity index (χ4n) is 0.363. The van der Waals surface area contributed by atoms with Gasteiger partial charge in [0.15, 0.2) is 0 Å². The van der Waals surface area contributed by atoms with Crippen LogP contribution < -0.4 is 0 Å². The molecule has 1 unspecified atom stereocenters. The van der Waals surface area contributed by atoms with Gasteiger partial charge in [-0.05, 0) is 6.92 Å². The van der Waals surface area contributed by atoms with Crippen LogP contribution in [0.5, 0.6) is 0 Å². The van der Waals surface area contributed by atoms with Crippen LogP contribution in [0.1, 0.15) is 6.92 Å². The monoisotopic (exact) mass is 204 g/mol. The summed E-state index contributed by atoms with van der Waals surface area (Å²) in [5.41, 5.74) is 0. The Morgan fingerprint density at radius 1 is 1.18 bits per heavy atom. The van der Waals surface area contributed by atoms with Gasteiger partial charge in [-0.3, -0.25) is 0 Å². The van der Waals surface area contributed by atoms with E-state index in [1.54, 1.807) is 0 Å². The van der Waals surface area contributed by atoms with Crippen molar-refractivity contribution >= 4 is 17.2 Å². The molecule has 0 aliphatic heterocycles. The average Bonchev–Trinajstić information content (AvgIpc) is 1.82. The lowest BCUT2D eigenvalue weighted by Crippen LogP contribution is -2.11. The van der Waals surface area contributed by atoms with Gasteiger partial charge in [-0.1, -0.05) is 0 Å². The first-order valence-electron chi connectivity index (χ1n) is 2.68. The SMILES string of the molecule is CC(COP(O)O)OP(O)O. The molecular weight excluding hydrogens is 194 g/mol. The quantitative estimate of drug-likeness (QED) is 0.464. The molecule has 0 aliphatic rings. The van der Waals surface area contributed by atoms with E-state index < -0.39 is 23.3 Å². The van der Waals surface area contributed by atoms with Crippen LogP contribution in [-0.4, -0.2) is 32.3 Å². The molecule has 1 atom stereocenters. The summed E-state index contributed by atoms with van der Waals surface area (Å²) in [7, 11) is -4.80. The van der Waals surface area contributed by atoms with Crippen molar-refractivity contribution in [1.29, 1.82) is 0 Å². The van der Waals surface area contributed by atoms with Gasteiger partial charge in [-0.25, -0.2) is 0 Å². The molecule has 0 aromatic carbocycles. The molecule has 0 fully saturated rings. The molecule has 68 valence electrons. The zero-order valence-electron chi connectivity index (χ0n) is 5.78. The van der Waals surface area contributed by atoms with Crippen molar-refractivity contribution in [2.45, 2.75) is 13.0 Å². The van der Waals surface area contributed by atoms with E-state index in [4.69, 9.17) is 19.6 Å². The summed E-state index contributed by atoms with van der Waals surface area (Å²) in [6.45, 7) is 1.43. The molecule has 0 saturated carbocycles. The minimum atomic E-state index is -2.41. The third kappa shape index (κ3) is 8.53. The molecule has 0 spiro atoms. The fraction of sp³-hybridized carbons (Fsp3) is 1.00. The lowest BCUT2D eigenvalue weighted by molar-refractivity contribution is 0.116. The summed E-state index contributed by atoms with van der Waals surface area (Å²) < 4.78 is 8.78. The second-order valence-corrected chi connectivity index (χ2v) is 3.20. The van der Waals surface area contributed by atoms with Gasteiger partial charge in [-0.15, -0.1) is 0 Å².